The second kappa shape index (κ2) is 10.3. The molecule has 0 heterocycles. The number of nitrogens with zero attached hydrogens (tertiary/aromatic N) is 2. The van der Waals surface area contributed by atoms with Gasteiger partial charge in [0, 0.05) is 6.54 Å². The Morgan fingerprint density at radius 2 is 2.17 bits per heavy atom. The van der Waals surface area contributed by atoms with Crippen molar-refractivity contribution in [1.29, 1.82) is 0 Å². The fourth-order valence-corrected chi connectivity index (χ4v) is 0.421. The highest BCUT2D eigenvalue weighted by Crippen LogP contribution is 1.85. The third-order valence-electron chi connectivity index (χ3n) is 0.977. The van der Waals surface area contributed by atoms with Crippen LogP contribution < -0.4 is 11.2 Å². The first kappa shape index (κ1) is 13.8. The number of aliphatic hydroxyl groups is 1. The zero-order valence-corrected chi connectivity index (χ0v) is 7.82. The fourth-order valence-electron chi connectivity index (χ4n) is 0.421. The molecule has 12 heavy (non-hydrogen) atoms. The lowest BCUT2D eigenvalue weighted by Crippen LogP contribution is -2.42. The molecule has 0 radical (unpaired) electrons. The summed E-state index contributed by atoms with van der Waals surface area (Å²) in [5, 5.41) is 14.5. The summed E-state index contributed by atoms with van der Waals surface area (Å²) in [5.41, 5.74) is 0. The molecule has 0 bridgehead atoms. The Hall–Kier alpha value is -0.720. The van der Waals surface area contributed by atoms with Crippen LogP contribution in [0.5, 0.6) is 0 Å². The lowest BCUT2D eigenvalue weighted by molar-refractivity contribution is 0.00440. The summed E-state index contributed by atoms with van der Waals surface area (Å²) in [6, 6.07) is 0. The second-order valence-corrected chi connectivity index (χ2v) is 1.75. The van der Waals surface area contributed by atoms with Gasteiger partial charge in [0.1, 0.15) is 0 Å². The number of rotatable bonds is 5. The van der Waals surface area contributed by atoms with E-state index in [4.69, 9.17) is 10.9 Å². The van der Waals surface area contributed by atoms with Crippen molar-refractivity contribution in [3.63, 3.8) is 0 Å². The minimum Gasteiger partial charge on any atom is -0.369 e. The molecule has 0 aromatic rings. The van der Waals surface area contributed by atoms with Gasteiger partial charge in [-0.25, -0.2) is 5.84 Å². The Bertz CT molecular complexity index is 102. The maximum Gasteiger partial charge on any atom is 0.174 e. The molecule has 0 aliphatic carbocycles. The number of aliphatic hydroxyl groups excluding tert-OH is 1. The maximum atomic E-state index is 9.67. The predicted octanol–water partition coefficient (Wildman–Crippen LogP) is -0.202. The highest BCUT2D eigenvalue weighted by atomic mass is 16.4. The number of hydrogen-bond acceptors (Lipinski definition) is 5. The molecule has 74 valence electrons. The molecule has 0 rings (SSSR count). The zero-order chi connectivity index (χ0) is 9.98. The first-order valence-corrected chi connectivity index (χ1v) is 3.98. The molecule has 0 spiro atoms. The summed E-state index contributed by atoms with van der Waals surface area (Å²) in [6.07, 6.45) is -1.04. The number of nitrogens with one attached hydrogen (secondary N) is 1. The van der Waals surface area contributed by atoms with E-state index in [1.165, 1.54) is 0 Å². The third kappa shape index (κ3) is 7.39. The molecule has 6 nitrogen and oxygen atoms in total. The first-order chi connectivity index (χ1) is 5.72. The van der Waals surface area contributed by atoms with Crippen molar-refractivity contribution >= 4 is 0 Å². The molecule has 1 atom stereocenters. The van der Waals surface area contributed by atoms with Crippen molar-refractivity contribution in [2.45, 2.75) is 27.0 Å². The minimum absolute atomic E-state index is 0.235. The van der Waals surface area contributed by atoms with E-state index in [1.807, 2.05) is 20.8 Å². The van der Waals surface area contributed by atoms with Crippen LogP contribution in [0.25, 0.3) is 0 Å². The molecule has 0 aromatic heterocycles. The van der Waals surface area contributed by atoms with Gasteiger partial charge in [-0.15, -0.1) is 4.91 Å². The van der Waals surface area contributed by atoms with Crippen LogP contribution in [0.1, 0.15) is 20.8 Å². The second-order valence-electron chi connectivity index (χ2n) is 1.75. The van der Waals surface area contributed by atoms with E-state index in [1.54, 1.807) is 0 Å². The van der Waals surface area contributed by atoms with Crippen LogP contribution in [-0.4, -0.2) is 29.5 Å². The van der Waals surface area contributed by atoms with Gasteiger partial charge in [-0.2, -0.15) is 5.12 Å². The molecule has 0 aromatic carbocycles. The molecular formula is C6H18N4O2. The lowest BCUT2D eigenvalue weighted by atomic mass is 10.5. The van der Waals surface area contributed by atoms with Crippen molar-refractivity contribution < 1.29 is 5.11 Å². The smallest absolute Gasteiger partial charge is 0.174 e. The van der Waals surface area contributed by atoms with Crippen LogP contribution in [0, 0.1) is 4.91 Å². The highest BCUT2D eigenvalue weighted by Gasteiger charge is 2.08. The van der Waals surface area contributed by atoms with Gasteiger partial charge in [0.2, 0.25) is 0 Å². The van der Waals surface area contributed by atoms with Gasteiger partial charge in [0.15, 0.2) is 6.23 Å². The summed E-state index contributed by atoms with van der Waals surface area (Å²) < 4.78 is 0. The molecule has 0 amide bonds. The van der Waals surface area contributed by atoms with Crippen molar-refractivity contribution in [3.05, 3.63) is 4.91 Å². The van der Waals surface area contributed by atoms with Crippen molar-refractivity contribution in [3.8, 4) is 0 Å². The monoisotopic (exact) mass is 178 g/mol. The van der Waals surface area contributed by atoms with Crippen LogP contribution in [0.2, 0.25) is 0 Å². The van der Waals surface area contributed by atoms with Crippen LogP contribution in [0.4, 0.5) is 0 Å². The van der Waals surface area contributed by atoms with Crippen molar-refractivity contribution in [1.82, 2.24) is 10.4 Å². The van der Waals surface area contributed by atoms with Crippen molar-refractivity contribution in [2.24, 2.45) is 11.1 Å². The van der Waals surface area contributed by atoms with Crippen LogP contribution >= 0.6 is 0 Å². The third-order valence-corrected chi connectivity index (χ3v) is 0.977. The van der Waals surface area contributed by atoms with E-state index < -0.39 is 6.23 Å². The summed E-state index contributed by atoms with van der Waals surface area (Å²) in [5.74, 6) is 4.92. The quantitative estimate of drug-likeness (QED) is 0.235. The lowest BCUT2D eigenvalue weighted by Gasteiger charge is -2.15. The average Bonchev–Trinajstić information content (AvgIpc) is 2.16. The van der Waals surface area contributed by atoms with E-state index in [9.17, 15) is 4.91 Å². The van der Waals surface area contributed by atoms with Gasteiger partial charge in [0.05, 0.1) is 5.29 Å². The molecule has 4 N–H and O–H groups in total. The maximum absolute atomic E-state index is 9.67. The number of hydrogen-bond donors (Lipinski definition) is 3. The number of nitroso groups, excluding NO2 is 1. The Kier molecular flexibility index (Phi) is 11.9. The molecule has 0 fully saturated rings. The Morgan fingerprint density at radius 1 is 1.67 bits per heavy atom. The van der Waals surface area contributed by atoms with E-state index in [0.29, 0.717) is 11.7 Å². The number of hydrazine groups is 1. The molecule has 6 heteroatoms. The van der Waals surface area contributed by atoms with E-state index in [-0.39, 0.29) is 6.54 Å². The molecular weight excluding hydrogens is 160 g/mol. The Labute approximate surface area is 72.6 Å². The Balaban J connectivity index is 0. The van der Waals surface area contributed by atoms with Gasteiger partial charge < -0.3 is 10.4 Å². The highest BCUT2D eigenvalue weighted by molar-refractivity contribution is 4.52. The van der Waals surface area contributed by atoms with Crippen LogP contribution in [0.3, 0.4) is 0 Å². The largest absolute Gasteiger partial charge is 0.369 e. The molecule has 0 aliphatic heterocycles. The van der Waals surface area contributed by atoms with E-state index >= 15 is 0 Å². The van der Waals surface area contributed by atoms with E-state index in [0.717, 1.165) is 0 Å². The summed E-state index contributed by atoms with van der Waals surface area (Å²) in [6.45, 7) is 6.82. The fraction of sp³-hybridized carbons (Fsp3) is 1.00. The topological polar surface area (TPSA) is 90.9 Å². The van der Waals surface area contributed by atoms with Gasteiger partial charge in [-0.1, -0.05) is 20.8 Å². The number of nitrogens with two attached hydrogens (primary N) is 1. The van der Waals surface area contributed by atoms with Gasteiger partial charge in [-0.3, -0.25) is 0 Å². The van der Waals surface area contributed by atoms with Crippen LogP contribution in [0.15, 0.2) is 5.29 Å². The predicted molar refractivity (Wildman–Crippen MR) is 47.7 cm³/mol. The molecule has 0 saturated heterocycles. The van der Waals surface area contributed by atoms with Crippen LogP contribution in [-0.2, 0) is 0 Å². The summed E-state index contributed by atoms with van der Waals surface area (Å²) >= 11 is 0. The normalized spacial score (nSPS) is 11.1. The first-order valence-electron chi connectivity index (χ1n) is 3.98. The molecule has 1 unspecified atom stereocenters. The number of likely N-dealkylation sites (N-methyl/N-ethyl adjacent to an activating group) is 1. The average molecular weight is 178 g/mol. The minimum atomic E-state index is -1.04. The summed E-state index contributed by atoms with van der Waals surface area (Å²) in [4.78, 5) is 9.67. The van der Waals surface area contributed by atoms with Gasteiger partial charge in [-0.05, 0) is 6.54 Å². The Morgan fingerprint density at radius 3 is 2.50 bits per heavy atom. The zero-order valence-electron chi connectivity index (χ0n) is 7.82. The SMILES string of the molecule is CC.CCNCC(O)N(N)N=O. The van der Waals surface area contributed by atoms with Gasteiger partial charge >= 0.3 is 0 Å². The van der Waals surface area contributed by atoms with E-state index in [2.05, 4.69) is 10.6 Å². The van der Waals surface area contributed by atoms with Gasteiger partial charge in [0.25, 0.3) is 0 Å². The standard InChI is InChI=1S/C4H12N4O2.C2H6/c1-2-6-3-4(9)8(5)7-10;1-2/h4,6,9H,2-3,5H2,1H3;1-2H3. The molecule has 0 aliphatic rings. The molecule has 0 saturated carbocycles. The summed E-state index contributed by atoms with van der Waals surface area (Å²) in [7, 11) is 0. The van der Waals surface area contributed by atoms with Crippen molar-refractivity contribution in [2.75, 3.05) is 13.1 Å².